The second-order valence-electron chi connectivity index (χ2n) is 5.89. The van der Waals surface area contributed by atoms with Crippen molar-refractivity contribution >= 4 is 22.6 Å². The summed E-state index contributed by atoms with van der Waals surface area (Å²) in [6.45, 7) is 2.42. The van der Waals surface area contributed by atoms with Gasteiger partial charge < -0.3 is 0 Å². The quantitative estimate of drug-likeness (QED) is 0.567. The van der Waals surface area contributed by atoms with Gasteiger partial charge in [-0.2, -0.15) is 5.10 Å². The molecule has 2 aromatic carbocycles. The van der Waals surface area contributed by atoms with Gasteiger partial charge in [0.05, 0.1) is 18.4 Å². The predicted octanol–water partition coefficient (Wildman–Crippen LogP) is 3.59. The van der Waals surface area contributed by atoms with Gasteiger partial charge in [-0.1, -0.05) is 41.9 Å². The maximum Gasteiger partial charge on any atom is 0.264 e. The van der Waals surface area contributed by atoms with E-state index < -0.39 is 0 Å². The Kier molecular flexibility index (Phi) is 3.86. The molecule has 0 unspecified atom stereocenters. The van der Waals surface area contributed by atoms with Crippen LogP contribution < -0.4 is 5.56 Å². The molecule has 5 nitrogen and oxygen atoms in total. The fourth-order valence-corrected chi connectivity index (χ4v) is 3.08. The maximum absolute atomic E-state index is 12.8. The minimum atomic E-state index is -0.121. The van der Waals surface area contributed by atoms with E-state index in [0.717, 1.165) is 16.8 Å². The van der Waals surface area contributed by atoms with Crippen molar-refractivity contribution in [1.29, 1.82) is 0 Å². The Bertz CT molecular complexity index is 1130. The van der Waals surface area contributed by atoms with Gasteiger partial charge in [0.2, 0.25) is 0 Å². The molecule has 0 amide bonds. The lowest BCUT2D eigenvalue weighted by atomic mass is 10.2. The number of nitrogens with zero attached hydrogens (tertiary/aromatic N) is 4. The summed E-state index contributed by atoms with van der Waals surface area (Å²) in [4.78, 5) is 17.3. The molecule has 0 bridgehead atoms. The van der Waals surface area contributed by atoms with Crippen LogP contribution in [0.25, 0.3) is 16.7 Å². The van der Waals surface area contributed by atoms with E-state index in [-0.39, 0.29) is 5.56 Å². The van der Waals surface area contributed by atoms with E-state index in [9.17, 15) is 4.79 Å². The highest BCUT2D eigenvalue weighted by atomic mass is 35.5. The summed E-state index contributed by atoms with van der Waals surface area (Å²) in [6, 6.07) is 15.3. The Morgan fingerprint density at radius 1 is 1.12 bits per heavy atom. The van der Waals surface area contributed by atoms with Gasteiger partial charge in [-0.05, 0) is 36.2 Å². The molecule has 0 N–H and O–H groups in total. The summed E-state index contributed by atoms with van der Waals surface area (Å²) in [5.41, 5.74) is 3.36. The second kappa shape index (κ2) is 6.18. The van der Waals surface area contributed by atoms with Crippen LogP contribution in [0.1, 0.15) is 11.1 Å². The van der Waals surface area contributed by atoms with Crippen molar-refractivity contribution in [2.24, 2.45) is 0 Å². The van der Waals surface area contributed by atoms with E-state index >= 15 is 0 Å². The molecule has 2 aromatic heterocycles. The number of aromatic nitrogens is 4. The van der Waals surface area contributed by atoms with E-state index in [1.807, 2.05) is 55.5 Å². The molecule has 0 aliphatic heterocycles. The maximum atomic E-state index is 12.8. The molecule has 4 aromatic rings. The van der Waals surface area contributed by atoms with E-state index in [2.05, 4.69) is 10.1 Å². The zero-order valence-electron chi connectivity index (χ0n) is 13.6. The summed E-state index contributed by atoms with van der Waals surface area (Å²) in [5, 5.41) is 5.51. The van der Waals surface area contributed by atoms with E-state index in [4.69, 9.17) is 11.6 Å². The van der Waals surface area contributed by atoms with Crippen molar-refractivity contribution in [1.82, 2.24) is 19.3 Å². The highest BCUT2D eigenvalue weighted by molar-refractivity contribution is 6.30. The van der Waals surface area contributed by atoms with Crippen LogP contribution in [0.4, 0.5) is 0 Å². The minimum Gasteiger partial charge on any atom is -0.294 e. The van der Waals surface area contributed by atoms with Gasteiger partial charge in [0, 0.05) is 5.02 Å². The van der Waals surface area contributed by atoms with Gasteiger partial charge in [0.1, 0.15) is 11.7 Å². The number of aryl methyl sites for hydroxylation is 1. The lowest BCUT2D eigenvalue weighted by Gasteiger charge is -2.08. The Morgan fingerprint density at radius 3 is 2.76 bits per heavy atom. The molecule has 0 fully saturated rings. The highest BCUT2D eigenvalue weighted by Crippen LogP contribution is 2.17. The molecule has 0 saturated heterocycles. The standard InChI is InChI=1S/C19H15ClN4O/c1-13-5-2-3-8-17(13)24-18-16(10-22-24)19(25)23(12-21-18)11-14-6-4-7-15(20)9-14/h2-10,12H,11H2,1H3. The van der Waals surface area contributed by atoms with E-state index in [0.29, 0.717) is 22.6 Å². The van der Waals surface area contributed by atoms with Crippen molar-refractivity contribution in [2.75, 3.05) is 0 Å². The van der Waals surface area contributed by atoms with Gasteiger partial charge in [-0.25, -0.2) is 9.67 Å². The Balaban J connectivity index is 1.80. The fraction of sp³-hybridized carbons (Fsp3) is 0.105. The molecule has 0 aliphatic rings. The average Bonchev–Trinajstić information content (AvgIpc) is 3.02. The third kappa shape index (κ3) is 2.83. The molecule has 124 valence electrons. The summed E-state index contributed by atoms with van der Waals surface area (Å²) >= 11 is 6.02. The van der Waals surface area contributed by atoms with Crippen molar-refractivity contribution in [3.63, 3.8) is 0 Å². The molecular weight excluding hydrogens is 336 g/mol. The Morgan fingerprint density at radius 2 is 1.96 bits per heavy atom. The molecule has 4 rings (SSSR count). The van der Waals surface area contributed by atoms with Gasteiger partial charge >= 0.3 is 0 Å². The minimum absolute atomic E-state index is 0.121. The van der Waals surface area contributed by atoms with E-state index in [1.54, 1.807) is 21.8 Å². The Hall–Kier alpha value is -2.92. The summed E-state index contributed by atoms with van der Waals surface area (Å²) in [7, 11) is 0. The first-order chi connectivity index (χ1) is 12.1. The summed E-state index contributed by atoms with van der Waals surface area (Å²) in [5.74, 6) is 0. The van der Waals surface area contributed by atoms with Crippen LogP contribution in [-0.4, -0.2) is 19.3 Å². The number of rotatable bonds is 3. The smallest absolute Gasteiger partial charge is 0.264 e. The van der Waals surface area contributed by atoms with Crippen molar-refractivity contribution in [3.8, 4) is 5.69 Å². The molecule has 0 aliphatic carbocycles. The first-order valence-electron chi connectivity index (χ1n) is 7.87. The van der Waals surface area contributed by atoms with Crippen LogP contribution >= 0.6 is 11.6 Å². The molecule has 2 heterocycles. The second-order valence-corrected chi connectivity index (χ2v) is 6.32. The monoisotopic (exact) mass is 350 g/mol. The third-order valence-electron chi connectivity index (χ3n) is 4.14. The largest absolute Gasteiger partial charge is 0.294 e. The topological polar surface area (TPSA) is 52.7 Å². The molecular formula is C19H15ClN4O. The van der Waals surface area contributed by atoms with Crippen molar-refractivity contribution in [2.45, 2.75) is 13.5 Å². The summed E-state index contributed by atoms with van der Waals surface area (Å²) < 4.78 is 3.27. The molecule has 25 heavy (non-hydrogen) atoms. The number of halogens is 1. The van der Waals surface area contributed by atoms with Crippen molar-refractivity contribution in [3.05, 3.63) is 87.6 Å². The SMILES string of the molecule is Cc1ccccc1-n1ncc2c(=O)n(Cc3cccc(Cl)c3)cnc21. The first-order valence-corrected chi connectivity index (χ1v) is 8.25. The van der Waals surface area contributed by atoms with Crippen LogP contribution in [0.2, 0.25) is 5.02 Å². The highest BCUT2D eigenvalue weighted by Gasteiger charge is 2.12. The van der Waals surface area contributed by atoms with Gasteiger partial charge in [0.15, 0.2) is 5.65 Å². The molecule has 6 heteroatoms. The van der Waals surface area contributed by atoms with Gasteiger partial charge in [-0.15, -0.1) is 0 Å². The zero-order chi connectivity index (χ0) is 17.4. The molecule has 0 radical (unpaired) electrons. The molecule has 0 saturated carbocycles. The number of benzene rings is 2. The number of hydrogen-bond donors (Lipinski definition) is 0. The van der Waals surface area contributed by atoms with Crippen molar-refractivity contribution < 1.29 is 0 Å². The van der Waals surface area contributed by atoms with Gasteiger partial charge in [-0.3, -0.25) is 9.36 Å². The number of fused-ring (bicyclic) bond motifs is 1. The van der Waals surface area contributed by atoms with Crippen LogP contribution in [0.3, 0.4) is 0 Å². The van der Waals surface area contributed by atoms with Crippen LogP contribution in [0.5, 0.6) is 0 Å². The molecule has 0 spiro atoms. The zero-order valence-corrected chi connectivity index (χ0v) is 14.3. The van der Waals surface area contributed by atoms with Crippen LogP contribution in [0.15, 0.2) is 65.8 Å². The average molecular weight is 351 g/mol. The van der Waals surface area contributed by atoms with Crippen LogP contribution in [-0.2, 0) is 6.54 Å². The summed E-state index contributed by atoms with van der Waals surface area (Å²) in [6.07, 6.45) is 3.13. The third-order valence-corrected chi connectivity index (χ3v) is 4.38. The number of para-hydroxylation sites is 1. The van der Waals surface area contributed by atoms with Gasteiger partial charge in [0.25, 0.3) is 5.56 Å². The first kappa shape index (κ1) is 15.6. The number of hydrogen-bond acceptors (Lipinski definition) is 3. The predicted molar refractivity (Wildman–Crippen MR) is 98.4 cm³/mol. The normalized spacial score (nSPS) is 11.1. The van der Waals surface area contributed by atoms with Crippen LogP contribution in [0, 0.1) is 6.92 Å². The fourth-order valence-electron chi connectivity index (χ4n) is 2.87. The lowest BCUT2D eigenvalue weighted by Crippen LogP contribution is -2.21. The van der Waals surface area contributed by atoms with E-state index in [1.165, 1.54) is 0 Å². The molecule has 0 atom stereocenters. The Labute approximate surface area is 149 Å². The lowest BCUT2D eigenvalue weighted by molar-refractivity contribution is 0.745.